The van der Waals surface area contributed by atoms with E-state index in [4.69, 9.17) is 14.2 Å². The summed E-state index contributed by atoms with van der Waals surface area (Å²) in [6.45, 7) is 3.90. The molecule has 3 aromatic carbocycles. The van der Waals surface area contributed by atoms with Crippen molar-refractivity contribution in [2.24, 2.45) is 0 Å². The van der Waals surface area contributed by atoms with Crippen LogP contribution in [0.5, 0.6) is 17.2 Å². The fourth-order valence-corrected chi connectivity index (χ4v) is 3.75. The van der Waals surface area contributed by atoms with Crippen molar-refractivity contribution in [3.8, 4) is 17.2 Å². The molecule has 0 saturated carbocycles. The van der Waals surface area contributed by atoms with Crippen molar-refractivity contribution in [1.29, 1.82) is 0 Å². The number of para-hydroxylation sites is 1. The molecular formula is C27H26N2O5. The summed E-state index contributed by atoms with van der Waals surface area (Å²) in [4.78, 5) is 28.2. The van der Waals surface area contributed by atoms with Gasteiger partial charge < -0.3 is 19.5 Å². The average molecular weight is 459 g/mol. The molecule has 0 fully saturated rings. The molecule has 0 bridgehead atoms. The Balaban J connectivity index is 1.78. The van der Waals surface area contributed by atoms with Crippen LogP contribution >= 0.6 is 0 Å². The lowest BCUT2D eigenvalue weighted by molar-refractivity contribution is -0.120. The molecule has 0 saturated heterocycles. The maximum atomic E-state index is 13.6. The minimum absolute atomic E-state index is 0.0478. The van der Waals surface area contributed by atoms with Gasteiger partial charge in [-0.15, -0.1) is 0 Å². The molecule has 34 heavy (non-hydrogen) atoms. The molecule has 1 N–H and O–H groups in total. The first kappa shape index (κ1) is 22.9. The summed E-state index contributed by atoms with van der Waals surface area (Å²) >= 11 is 0. The van der Waals surface area contributed by atoms with Crippen molar-refractivity contribution in [3.05, 3.63) is 84.1 Å². The molecule has 1 aliphatic rings. The Morgan fingerprint density at radius 2 is 1.47 bits per heavy atom. The van der Waals surface area contributed by atoms with E-state index in [1.807, 2.05) is 32.0 Å². The zero-order valence-electron chi connectivity index (χ0n) is 19.5. The zero-order valence-corrected chi connectivity index (χ0v) is 19.5. The second-order valence-corrected chi connectivity index (χ2v) is 7.92. The summed E-state index contributed by atoms with van der Waals surface area (Å²) in [7, 11) is 3.06. The van der Waals surface area contributed by atoms with Gasteiger partial charge in [-0.1, -0.05) is 24.3 Å². The van der Waals surface area contributed by atoms with Crippen LogP contribution in [0.4, 0.5) is 11.4 Å². The van der Waals surface area contributed by atoms with Gasteiger partial charge >= 0.3 is 0 Å². The molecule has 0 unspecified atom stereocenters. The number of amides is 2. The van der Waals surface area contributed by atoms with Gasteiger partial charge in [0.2, 0.25) is 0 Å². The van der Waals surface area contributed by atoms with Gasteiger partial charge in [0.05, 0.1) is 31.6 Å². The summed E-state index contributed by atoms with van der Waals surface area (Å²) in [5.41, 5.74) is 2.11. The SMILES string of the molecule is COc1ccc(C2=C(Nc3ccc(OC(C)C)cc3)C(=O)N(c3ccccc3)C2=O)cc1OC. The highest BCUT2D eigenvalue weighted by Gasteiger charge is 2.40. The highest BCUT2D eigenvalue weighted by molar-refractivity contribution is 6.46. The smallest absolute Gasteiger partial charge is 0.282 e. The largest absolute Gasteiger partial charge is 0.493 e. The van der Waals surface area contributed by atoms with Crippen LogP contribution < -0.4 is 24.4 Å². The van der Waals surface area contributed by atoms with E-state index in [0.717, 1.165) is 5.75 Å². The van der Waals surface area contributed by atoms with Gasteiger partial charge in [0.25, 0.3) is 11.8 Å². The van der Waals surface area contributed by atoms with Crippen LogP contribution in [0.3, 0.4) is 0 Å². The summed E-state index contributed by atoms with van der Waals surface area (Å²) in [5.74, 6) is 0.836. The number of nitrogens with one attached hydrogen (secondary N) is 1. The van der Waals surface area contributed by atoms with E-state index in [9.17, 15) is 9.59 Å². The van der Waals surface area contributed by atoms with Gasteiger partial charge in [-0.3, -0.25) is 9.59 Å². The molecule has 0 aromatic heterocycles. The molecule has 7 heteroatoms. The Morgan fingerprint density at radius 3 is 2.09 bits per heavy atom. The molecular weight excluding hydrogens is 432 g/mol. The lowest BCUT2D eigenvalue weighted by atomic mass is 10.0. The Bertz CT molecular complexity index is 1230. The molecule has 0 atom stereocenters. The van der Waals surface area contributed by atoms with E-state index in [-0.39, 0.29) is 17.4 Å². The summed E-state index contributed by atoms with van der Waals surface area (Å²) in [5, 5.41) is 3.16. The highest BCUT2D eigenvalue weighted by atomic mass is 16.5. The molecule has 0 radical (unpaired) electrons. The van der Waals surface area contributed by atoms with Crippen LogP contribution in [-0.2, 0) is 9.59 Å². The number of carbonyl (C=O) groups is 2. The van der Waals surface area contributed by atoms with Gasteiger partial charge in [-0.25, -0.2) is 4.90 Å². The van der Waals surface area contributed by atoms with Gasteiger partial charge in [0.1, 0.15) is 11.4 Å². The predicted octanol–water partition coefficient (Wildman–Crippen LogP) is 4.89. The number of hydrogen-bond acceptors (Lipinski definition) is 6. The van der Waals surface area contributed by atoms with Crippen LogP contribution in [0.15, 0.2) is 78.5 Å². The van der Waals surface area contributed by atoms with E-state index in [2.05, 4.69) is 5.32 Å². The molecule has 7 nitrogen and oxygen atoms in total. The minimum Gasteiger partial charge on any atom is -0.493 e. The maximum absolute atomic E-state index is 13.6. The van der Waals surface area contributed by atoms with Gasteiger partial charge in [0.15, 0.2) is 11.5 Å². The molecule has 4 rings (SSSR count). The van der Waals surface area contributed by atoms with Crippen LogP contribution in [0.2, 0.25) is 0 Å². The first-order chi connectivity index (χ1) is 16.4. The van der Waals surface area contributed by atoms with Crippen molar-refractivity contribution in [1.82, 2.24) is 0 Å². The number of methoxy groups -OCH3 is 2. The number of imide groups is 1. The minimum atomic E-state index is -0.441. The Morgan fingerprint density at radius 1 is 0.794 bits per heavy atom. The van der Waals surface area contributed by atoms with Crippen molar-refractivity contribution in [2.75, 3.05) is 24.4 Å². The highest BCUT2D eigenvalue weighted by Crippen LogP contribution is 2.37. The van der Waals surface area contributed by atoms with Crippen LogP contribution in [-0.4, -0.2) is 32.1 Å². The molecule has 3 aromatic rings. The zero-order chi connectivity index (χ0) is 24.2. The lowest BCUT2D eigenvalue weighted by Gasteiger charge is -2.15. The summed E-state index contributed by atoms with van der Waals surface area (Å²) in [6.07, 6.45) is 0.0478. The Hall–Kier alpha value is -4.26. The number of hydrogen-bond donors (Lipinski definition) is 1. The van der Waals surface area contributed by atoms with Gasteiger partial charge in [-0.05, 0) is 67.9 Å². The van der Waals surface area contributed by atoms with Crippen LogP contribution in [0.25, 0.3) is 5.57 Å². The first-order valence-electron chi connectivity index (χ1n) is 10.9. The lowest BCUT2D eigenvalue weighted by Crippen LogP contribution is -2.32. The third kappa shape index (κ3) is 4.45. The third-order valence-electron chi connectivity index (χ3n) is 5.27. The molecule has 0 spiro atoms. The topological polar surface area (TPSA) is 77.1 Å². The van der Waals surface area contributed by atoms with Gasteiger partial charge in [-0.2, -0.15) is 0 Å². The second kappa shape index (κ2) is 9.70. The van der Waals surface area contributed by atoms with Crippen molar-refractivity contribution in [2.45, 2.75) is 20.0 Å². The normalized spacial score (nSPS) is 13.5. The number of anilines is 2. The molecule has 2 amide bonds. The van der Waals surface area contributed by atoms with Gasteiger partial charge in [0, 0.05) is 5.69 Å². The molecule has 0 aliphatic carbocycles. The summed E-state index contributed by atoms with van der Waals surface area (Å²) < 4.78 is 16.4. The van der Waals surface area contributed by atoms with E-state index in [0.29, 0.717) is 28.4 Å². The average Bonchev–Trinajstić information content (AvgIpc) is 3.09. The van der Waals surface area contributed by atoms with Crippen molar-refractivity contribution in [3.63, 3.8) is 0 Å². The number of rotatable bonds is 8. The fourth-order valence-electron chi connectivity index (χ4n) is 3.75. The standard InChI is InChI=1S/C27H26N2O5/c1-17(2)34-21-13-11-19(12-14-21)28-25-24(18-10-15-22(32-3)23(16-18)33-4)26(30)29(27(25)31)20-8-6-5-7-9-20/h5-17,28H,1-4H3. The van der Waals surface area contributed by atoms with E-state index < -0.39 is 11.8 Å². The first-order valence-corrected chi connectivity index (χ1v) is 10.9. The maximum Gasteiger partial charge on any atom is 0.282 e. The fraction of sp³-hybridized carbons (Fsp3) is 0.185. The molecule has 174 valence electrons. The van der Waals surface area contributed by atoms with Crippen LogP contribution in [0, 0.1) is 0 Å². The number of carbonyl (C=O) groups excluding carboxylic acids is 2. The van der Waals surface area contributed by atoms with Crippen molar-refractivity contribution < 1.29 is 23.8 Å². The van der Waals surface area contributed by atoms with E-state index >= 15 is 0 Å². The predicted molar refractivity (Wildman–Crippen MR) is 131 cm³/mol. The number of nitrogens with zero attached hydrogens (tertiary/aromatic N) is 1. The van der Waals surface area contributed by atoms with Crippen LogP contribution in [0.1, 0.15) is 19.4 Å². The Kier molecular flexibility index (Phi) is 6.54. The Labute approximate surface area is 198 Å². The quantitative estimate of drug-likeness (QED) is 0.485. The number of benzene rings is 3. The van der Waals surface area contributed by atoms with Crippen molar-refractivity contribution >= 4 is 28.8 Å². The molecule has 1 heterocycles. The van der Waals surface area contributed by atoms with E-state index in [1.54, 1.807) is 54.6 Å². The monoisotopic (exact) mass is 458 g/mol. The third-order valence-corrected chi connectivity index (χ3v) is 5.27. The van der Waals surface area contributed by atoms with E-state index in [1.165, 1.54) is 19.1 Å². The number of ether oxygens (including phenoxy) is 3. The molecule has 1 aliphatic heterocycles. The second-order valence-electron chi connectivity index (χ2n) is 7.92. The summed E-state index contributed by atoms with van der Waals surface area (Å²) in [6, 6.07) is 21.2.